The van der Waals surface area contributed by atoms with E-state index in [-0.39, 0.29) is 23.1 Å². The van der Waals surface area contributed by atoms with Crippen molar-refractivity contribution in [2.45, 2.75) is 19.4 Å². The van der Waals surface area contributed by atoms with Crippen molar-refractivity contribution in [1.82, 2.24) is 5.32 Å². The molecule has 5 heteroatoms. The standard InChI is InChI=1S/C11H16N2O3/c1-7(4-5-12)13-11(16)9-6-8(14)2-3-10(9)15/h2-3,6-7,14-15H,4-5,12H2,1H3,(H,13,16). The molecule has 16 heavy (non-hydrogen) atoms. The lowest BCUT2D eigenvalue weighted by atomic mass is 10.1. The fourth-order valence-corrected chi connectivity index (χ4v) is 1.33. The first-order valence-corrected chi connectivity index (χ1v) is 5.07. The SMILES string of the molecule is CC(CCN)NC(=O)c1cc(O)ccc1O. The molecular weight excluding hydrogens is 208 g/mol. The average molecular weight is 224 g/mol. The maximum Gasteiger partial charge on any atom is 0.255 e. The van der Waals surface area contributed by atoms with Crippen LogP contribution >= 0.6 is 0 Å². The number of rotatable bonds is 4. The van der Waals surface area contributed by atoms with Crippen molar-refractivity contribution >= 4 is 5.91 Å². The number of carbonyl (C=O) groups excluding carboxylic acids is 1. The maximum absolute atomic E-state index is 11.7. The van der Waals surface area contributed by atoms with Gasteiger partial charge in [-0.05, 0) is 38.1 Å². The molecule has 1 atom stereocenters. The van der Waals surface area contributed by atoms with Gasteiger partial charge in [0.2, 0.25) is 0 Å². The minimum Gasteiger partial charge on any atom is -0.508 e. The number of aromatic hydroxyl groups is 2. The van der Waals surface area contributed by atoms with Crippen molar-refractivity contribution in [2.24, 2.45) is 5.73 Å². The molecule has 1 amide bonds. The van der Waals surface area contributed by atoms with Crippen LogP contribution in [-0.4, -0.2) is 28.7 Å². The van der Waals surface area contributed by atoms with Crippen molar-refractivity contribution < 1.29 is 15.0 Å². The van der Waals surface area contributed by atoms with Gasteiger partial charge in [-0.15, -0.1) is 0 Å². The van der Waals surface area contributed by atoms with E-state index in [0.717, 1.165) is 0 Å². The van der Waals surface area contributed by atoms with Crippen LogP contribution in [0.3, 0.4) is 0 Å². The summed E-state index contributed by atoms with van der Waals surface area (Å²) >= 11 is 0. The molecule has 5 nitrogen and oxygen atoms in total. The van der Waals surface area contributed by atoms with Gasteiger partial charge in [0, 0.05) is 6.04 Å². The number of benzene rings is 1. The normalized spacial score (nSPS) is 12.1. The summed E-state index contributed by atoms with van der Waals surface area (Å²) in [6.45, 7) is 2.30. The Morgan fingerprint density at radius 3 is 2.81 bits per heavy atom. The summed E-state index contributed by atoms with van der Waals surface area (Å²) in [5, 5.41) is 21.3. The van der Waals surface area contributed by atoms with Gasteiger partial charge in [-0.2, -0.15) is 0 Å². The highest BCUT2D eigenvalue weighted by molar-refractivity contribution is 5.97. The molecule has 0 bridgehead atoms. The van der Waals surface area contributed by atoms with Crippen LogP contribution in [0.1, 0.15) is 23.7 Å². The molecule has 1 unspecified atom stereocenters. The lowest BCUT2D eigenvalue weighted by molar-refractivity contribution is 0.0936. The molecule has 0 aliphatic rings. The summed E-state index contributed by atoms with van der Waals surface area (Å²) in [5.41, 5.74) is 5.42. The minimum absolute atomic E-state index is 0.0591. The smallest absolute Gasteiger partial charge is 0.255 e. The van der Waals surface area contributed by atoms with Gasteiger partial charge in [0.05, 0.1) is 5.56 Å². The molecule has 0 saturated heterocycles. The van der Waals surface area contributed by atoms with Gasteiger partial charge < -0.3 is 21.3 Å². The molecule has 1 aromatic rings. The third-order valence-electron chi connectivity index (χ3n) is 2.20. The lowest BCUT2D eigenvalue weighted by Crippen LogP contribution is -2.34. The Morgan fingerprint density at radius 1 is 1.50 bits per heavy atom. The Hall–Kier alpha value is -1.75. The van der Waals surface area contributed by atoms with Crippen LogP contribution in [0.4, 0.5) is 0 Å². The topological polar surface area (TPSA) is 95.6 Å². The van der Waals surface area contributed by atoms with Crippen LogP contribution in [0.15, 0.2) is 18.2 Å². The molecule has 1 rings (SSSR count). The van der Waals surface area contributed by atoms with E-state index >= 15 is 0 Å². The lowest BCUT2D eigenvalue weighted by Gasteiger charge is -2.13. The number of hydrogen-bond acceptors (Lipinski definition) is 4. The highest BCUT2D eigenvalue weighted by atomic mass is 16.3. The summed E-state index contributed by atoms with van der Waals surface area (Å²) in [4.78, 5) is 11.7. The molecular formula is C11H16N2O3. The summed E-state index contributed by atoms with van der Waals surface area (Å²) in [6.07, 6.45) is 0.658. The highest BCUT2D eigenvalue weighted by Crippen LogP contribution is 2.21. The Labute approximate surface area is 93.9 Å². The van der Waals surface area contributed by atoms with Crippen molar-refractivity contribution in [2.75, 3.05) is 6.54 Å². The van der Waals surface area contributed by atoms with Gasteiger partial charge in [0.1, 0.15) is 11.5 Å². The van der Waals surface area contributed by atoms with Gasteiger partial charge in [0.15, 0.2) is 0 Å². The Morgan fingerprint density at radius 2 is 2.19 bits per heavy atom. The number of phenolic OH excluding ortho intramolecular Hbond substituents is 2. The molecule has 0 heterocycles. The van der Waals surface area contributed by atoms with Crippen LogP contribution in [0.5, 0.6) is 11.5 Å². The van der Waals surface area contributed by atoms with Crippen molar-refractivity contribution in [3.05, 3.63) is 23.8 Å². The van der Waals surface area contributed by atoms with E-state index in [1.54, 1.807) is 0 Å². The first kappa shape index (κ1) is 12.3. The average Bonchev–Trinajstić information content (AvgIpc) is 2.21. The molecule has 0 radical (unpaired) electrons. The maximum atomic E-state index is 11.7. The largest absolute Gasteiger partial charge is 0.508 e. The molecule has 0 saturated carbocycles. The monoisotopic (exact) mass is 224 g/mol. The third-order valence-corrected chi connectivity index (χ3v) is 2.20. The van der Waals surface area contributed by atoms with Gasteiger partial charge >= 0.3 is 0 Å². The molecule has 0 fully saturated rings. The van der Waals surface area contributed by atoms with Gasteiger partial charge in [-0.25, -0.2) is 0 Å². The number of hydrogen-bond donors (Lipinski definition) is 4. The fourth-order valence-electron chi connectivity index (χ4n) is 1.33. The van der Waals surface area contributed by atoms with Gasteiger partial charge in [-0.1, -0.05) is 0 Å². The quantitative estimate of drug-likeness (QED) is 0.562. The number of amides is 1. The van der Waals surface area contributed by atoms with E-state index in [0.29, 0.717) is 13.0 Å². The van der Waals surface area contributed by atoms with Crippen LogP contribution in [-0.2, 0) is 0 Å². The summed E-state index contributed by atoms with van der Waals surface area (Å²) in [5.74, 6) is -0.640. The van der Waals surface area contributed by atoms with Crippen LogP contribution in [0.2, 0.25) is 0 Å². The second kappa shape index (κ2) is 5.37. The zero-order valence-electron chi connectivity index (χ0n) is 9.10. The van der Waals surface area contributed by atoms with Gasteiger partial charge in [-0.3, -0.25) is 4.79 Å². The van der Waals surface area contributed by atoms with Crippen molar-refractivity contribution in [3.8, 4) is 11.5 Å². The fraction of sp³-hybridized carbons (Fsp3) is 0.364. The molecule has 88 valence electrons. The highest BCUT2D eigenvalue weighted by Gasteiger charge is 2.13. The predicted molar refractivity (Wildman–Crippen MR) is 60.4 cm³/mol. The van der Waals surface area contributed by atoms with E-state index in [1.807, 2.05) is 6.92 Å². The minimum atomic E-state index is -0.422. The van der Waals surface area contributed by atoms with E-state index < -0.39 is 5.91 Å². The van der Waals surface area contributed by atoms with E-state index in [1.165, 1.54) is 18.2 Å². The van der Waals surface area contributed by atoms with E-state index in [2.05, 4.69) is 5.32 Å². The van der Waals surface area contributed by atoms with Crippen molar-refractivity contribution in [1.29, 1.82) is 0 Å². The number of nitrogens with one attached hydrogen (secondary N) is 1. The molecule has 5 N–H and O–H groups in total. The second-order valence-corrected chi connectivity index (χ2v) is 3.65. The second-order valence-electron chi connectivity index (χ2n) is 3.65. The van der Waals surface area contributed by atoms with Crippen LogP contribution < -0.4 is 11.1 Å². The van der Waals surface area contributed by atoms with Crippen molar-refractivity contribution in [3.63, 3.8) is 0 Å². The van der Waals surface area contributed by atoms with Gasteiger partial charge in [0.25, 0.3) is 5.91 Å². The van der Waals surface area contributed by atoms with E-state index in [9.17, 15) is 15.0 Å². The first-order chi connectivity index (χ1) is 7.54. The Balaban J connectivity index is 2.76. The predicted octanol–water partition coefficient (Wildman–Crippen LogP) is 0.565. The number of phenols is 2. The summed E-state index contributed by atoms with van der Waals surface area (Å²) in [7, 11) is 0. The molecule has 0 aliphatic heterocycles. The molecule has 0 aromatic heterocycles. The van der Waals surface area contributed by atoms with Crippen LogP contribution in [0, 0.1) is 0 Å². The molecule has 1 aromatic carbocycles. The Kier molecular flexibility index (Phi) is 4.13. The third kappa shape index (κ3) is 3.13. The summed E-state index contributed by atoms with van der Waals surface area (Å²) < 4.78 is 0. The number of nitrogens with two attached hydrogens (primary N) is 1. The zero-order chi connectivity index (χ0) is 12.1. The molecule has 0 aliphatic carbocycles. The van der Waals surface area contributed by atoms with Crippen LogP contribution in [0.25, 0.3) is 0 Å². The summed E-state index contributed by atoms with van der Waals surface area (Å²) in [6, 6.07) is 3.74. The number of carbonyl (C=O) groups is 1. The molecule has 0 spiro atoms. The Bertz CT molecular complexity index is 379. The zero-order valence-corrected chi connectivity index (χ0v) is 9.10. The van der Waals surface area contributed by atoms with E-state index in [4.69, 9.17) is 5.73 Å². The first-order valence-electron chi connectivity index (χ1n) is 5.07.